The van der Waals surface area contributed by atoms with E-state index in [1.54, 1.807) is 6.20 Å². The number of hydrazine groups is 1. The number of hydrogen-bond donors (Lipinski definition) is 3. The number of fused-ring (bicyclic) bond motifs is 1. The third-order valence-corrected chi connectivity index (χ3v) is 4.77. The molecule has 1 saturated heterocycles. The second kappa shape index (κ2) is 7.79. The molecule has 0 aliphatic carbocycles. The maximum Gasteiger partial charge on any atom is 0.117 e. The molecule has 1 aliphatic heterocycles. The number of H-pyrrole nitrogens is 1. The Labute approximate surface area is 158 Å². The first kappa shape index (κ1) is 17.5. The zero-order valence-corrected chi connectivity index (χ0v) is 15.1. The van der Waals surface area contributed by atoms with Crippen molar-refractivity contribution >= 4 is 22.3 Å². The second-order valence-electron chi connectivity index (χ2n) is 6.66. The number of hydrogen-bond acceptors (Lipinski definition) is 6. The quantitative estimate of drug-likeness (QED) is 0.474. The van der Waals surface area contributed by atoms with Crippen molar-refractivity contribution in [3.8, 4) is 0 Å². The van der Waals surface area contributed by atoms with Crippen molar-refractivity contribution in [2.75, 3.05) is 31.3 Å². The van der Waals surface area contributed by atoms with E-state index in [1.807, 2.05) is 36.4 Å². The fraction of sp³-hybridized carbons (Fsp3) is 0.250. The fourth-order valence-electron chi connectivity index (χ4n) is 3.26. The van der Waals surface area contributed by atoms with Gasteiger partial charge in [0, 0.05) is 31.2 Å². The van der Waals surface area contributed by atoms with Crippen LogP contribution in [-0.4, -0.2) is 41.4 Å². The molecule has 140 valence electrons. The smallest absolute Gasteiger partial charge is 0.117 e. The van der Waals surface area contributed by atoms with Crippen molar-refractivity contribution in [3.63, 3.8) is 0 Å². The van der Waals surface area contributed by atoms with E-state index in [2.05, 4.69) is 27.2 Å². The van der Waals surface area contributed by atoms with Crippen LogP contribution in [0.1, 0.15) is 11.3 Å². The van der Waals surface area contributed by atoms with Crippen LogP contribution in [0.15, 0.2) is 54.7 Å². The van der Waals surface area contributed by atoms with E-state index in [0.717, 1.165) is 49.4 Å². The summed E-state index contributed by atoms with van der Waals surface area (Å²) in [5.41, 5.74) is 10.5. The van der Waals surface area contributed by atoms with Gasteiger partial charge >= 0.3 is 0 Å². The summed E-state index contributed by atoms with van der Waals surface area (Å²) in [6.45, 7) is 4.48. The summed E-state index contributed by atoms with van der Waals surface area (Å²) in [7, 11) is 0. The van der Waals surface area contributed by atoms with Crippen LogP contribution in [0.4, 0.5) is 5.69 Å². The lowest BCUT2D eigenvalue weighted by Gasteiger charge is -2.26. The molecule has 27 heavy (non-hydrogen) atoms. The number of rotatable bonds is 5. The highest BCUT2D eigenvalue weighted by atomic mass is 16.5. The largest absolute Gasteiger partial charge is 0.396 e. The van der Waals surface area contributed by atoms with Crippen LogP contribution in [0.5, 0.6) is 0 Å². The molecule has 0 saturated carbocycles. The Bertz CT molecular complexity index is 927. The van der Waals surface area contributed by atoms with Gasteiger partial charge in [-0.1, -0.05) is 30.3 Å². The molecule has 0 spiro atoms. The predicted molar refractivity (Wildman–Crippen MR) is 107 cm³/mol. The molecule has 0 bridgehead atoms. The lowest BCUT2D eigenvalue weighted by molar-refractivity contribution is 0.0342. The first-order valence-electron chi connectivity index (χ1n) is 9.04. The molecule has 0 amide bonds. The summed E-state index contributed by atoms with van der Waals surface area (Å²) in [5, 5.41) is 9.79. The zero-order valence-electron chi connectivity index (χ0n) is 15.1. The number of benzene rings is 2. The molecule has 3 aromatic rings. The van der Waals surface area contributed by atoms with Crippen LogP contribution in [0.25, 0.3) is 16.6 Å². The number of aromatic nitrogens is 2. The average Bonchev–Trinajstić information content (AvgIpc) is 3.13. The van der Waals surface area contributed by atoms with Crippen molar-refractivity contribution in [1.82, 2.24) is 15.1 Å². The van der Waals surface area contributed by atoms with Gasteiger partial charge < -0.3 is 10.5 Å². The van der Waals surface area contributed by atoms with Gasteiger partial charge in [0.15, 0.2) is 0 Å². The molecule has 0 atom stereocenters. The van der Waals surface area contributed by atoms with E-state index in [9.17, 15) is 0 Å². The normalized spacial score (nSPS) is 16.0. The van der Waals surface area contributed by atoms with Crippen LogP contribution in [-0.2, 0) is 11.3 Å². The van der Waals surface area contributed by atoms with Crippen LogP contribution in [0.3, 0.4) is 0 Å². The van der Waals surface area contributed by atoms with Crippen molar-refractivity contribution in [2.45, 2.75) is 6.54 Å². The molecular formula is C20H24N6O. The summed E-state index contributed by atoms with van der Waals surface area (Å²) >= 11 is 0. The standard InChI is InChI=1S/C20H24N6O/c21-18(20-17-3-1-2-4-19(17)23-24-20)14-26(22)16-7-5-15(6-8-16)13-25-9-11-27-12-10-25/h1-8,14H,9-13,21-22H2,(H,23,24)/b18-14-. The molecule has 1 aromatic heterocycles. The number of ether oxygens (including phenoxy) is 1. The van der Waals surface area contributed by atoms with Crippen LogP contribution < -0.4 is 16.6 Å². The third kappa shape index (κ3) is 3.95. The molecule has 7 nitrogen and oxygen atoms in total. The van der Waals surface area contributed by atoms with Crippen molar-refractivity contribution in [2.24, 2.45) is 11.6 Å². The SMILES string of the molecule is N/C(=C\N(N)c1ccc(CN2CCOCC2)cc1)c1n[nH]c2ccccc12. The maximum atomic E-state index is 6.24. The maximum absolute atomic E-state index is 6.24. The number of nitrogens with one attached hydrogen (secondary N) is 1. The van der Waals surface area contributed by atoms with Crippen molar-refractivity contribution in [3.05, 3.63) is 66.0 Å². The Morgan fingerprint density at radius 1 is 1.15 bits per heavy atom. The van der Waals surface area contributed by atoms with E-state index in [0.29, 0.717) is 11.4 Å². The van der Waals surface area contributed by atoms with Gasteiger partial charge in [0.1, 0.15) is 5.69 Å². The first-order chi connectivity index (χ1) is 13.2. The van der Waals surface area contributed by atoms with Crippen LogP contribution >= 0.6 is 0 Å². The van der Waals surface area contributed by atoms with Gasteiger partial charge in [0.25, 0.3) is 0 Å². The number of anilines is 1. The molecule has 1 aliphatic rings. The molecule has 2 aromatic carbocycles. The van der Waals surface area contributed by atoms with Gasteiger partial charge in [-0.3, -0.25) is 15.0 Å². The topological polar surface area (TPSA) is 96.4 Å². The average molecular weight is 364 g/mol. The minimum atomic E-state index is 0.507. The Morgan fingerprint density at radius 2 is 1.89 bits per heavy atom. The van der Waals surface area contributed by atoms with Gasteiger partial charge in [0.05, 0.1) is 30.1 Å². The van der Waals surface area contributed by atoms with Crippen LogP contribution in [0, 0.1) is 0 Å². The monoisotopic (exact) mass is 364 g/mol. The van der Waals surface area contributed by atoms with Crippen LogP contribution in [0.2, 0.25) is 0 Å². The highest BCUT2D eigenvalue weighted by Gasteiger charge is 2.11. The summed E-state index contributed by atoms with van der Waals surface area (Å²) in [6, 6.07) is 16.1. The molecule has 4 rings (SSSR count). The van der Waals surface area contributed by atoms with Gasteiger partial charge in [-0.05, 0) is 23.8 Å². The number of nitrogens with zero attached hydrogens (tertiary/aromatic N) is 3. The highest BCUT2D eigenvalue weighted by molar-refractivity contribution is 5.89. The first-order valence-corrected chi connectivity index (χ1v) is 9.04. The van der Waals surface area contributed by atoms with Gasteiger partial charge in [0.2, 0.25) is 0 Å². The van der Waals surface area contributed by atoms with E-state index < -0.39 is 0 Å². The highest BCUT2D eigenvalue weighted by Crippen LogP contribution is 2.21. The molecular weight excluding hydrogens is 340 g/mol. The summed E-state index contributed by atoms with van der Waals surface area (Å²) < 4.78 is 5.39. The Balaban J connectivity index is 1.47. The lowest BCUT2D eigenvalue weighted by atomic mass is 10.1. The minimum absolute atomic E-state index is 0.507. The van der Waals surface area contributed by atoms with Crippen molar-refractivity contribution < 1.29 is 4.74 Å². The van der Waals surface area contributed by atoms with Gasteiger partial charge in [-0.2, -0.15) is 5.10 Å². The fourth-order valence-corrected chi connectivity index (χ4v) is 3.26. The summed E-state index contributed by atoms with van der Waals surface area (Å²) in [4.78, 5) is 2.39. The zero-order chi connectivity index (χ0) is 18.6. The van der Waals surface area contributed by atoms with E-state index in [1.165, 1.54) is 10.6 Å². The Hall–Kier alpha value is -2.87. The molecule has 1 fully saturated rings. The number of nitrogens with two attached hydrogens (primary N) is 2. The third-order valence-electron chi connectivity index (χ3n) is 4.77. The number of para-hydroxylation sites is 1. The lowest BCUT2D eigenvalue weighted by Crippen LogP contribution is -2.35. The second-order valence-corrected chi connectivity index (χ2v) is 6.66. The number of aromatic amines is 1. The van der Waals surface area contributed by atoms with E-state index in [4.69, 9.17) is 16.3 Å². The Morgan fingerprint density at radius 3 is 2.67 bits per heavy atom. The summed E-state index contributed by atoms with van der Waals surface area (Å²) in [5.74, 6) is 6.19. The minimum Gasteiger partial charge on any atom is -0.396 e. The molecule has 7 heteroatoms. The molecule has 2 heterocycles. The summed E-state index contributed by atoms with van der Waals surface area (Å²) in [6.07, 6.45) is 1.69. The molecule has 0 radical (unpaired) electrons. The van der Waals surface area contributed by atoms with Crippen molar-refractivity contribution in [1.29, 1.82) is 0 Å². The predicted octanol–water partition coefficient (Wildman–Crippen LogP) is 2.03. The van der Waals surface area contributed by atoms with Gasteiger partial charge in [-0.25, -0.2) is 5.84 Å². The van der Waals surface area contributed by atoms with Gasteiger partial charge in [-0.15, -0.1) is 0 Å². The number of morpholine rings is 1. The van der Waals surface area contributed by atoms with E-state index >= 15 is 0 Å². The molecule has 5 N–H and O–H groups in total. The van der Waals surface area contributed by atoms with E-state index in [-0.39, 0.29) is 0 Å². The molecule has 0 unspecified atom stereocenters. The Kier molecular flexibility index (Phi) is 5.06.